The normalized spacial score (nSPS) is 10.9. The fourth-order valence-electron chi connectivity index (χ4n) is 2.59. The van der Waals surface area contributed by atoms with Crippen molar-refractivity contribution in [3.8, 4) is 5.69 Å². The number of rotatable bonds is 4. The fourth-order valence-corrected chi connectivity index (χ4v) is 2.59. The van der Waals surface area contributed by atoms with E-state index in [-0.39, 0.29) is 11.6 Å². The number of aromatic amines is 2. The first kappa shape index (κ1) is 14.9. The van der Waals surface area contributed by atoms with Gasteiger partial charge in [-0.1, -0.05) is 6.07 Å². The molecule has 0 spiro atoms. The van der Waals surface area contributed by atoms with Crippen LogP contribution in [-0.4, -0.2) is 30.6 Å². The van der Waals surface area contributed by atoms with Gasteiger partial charge in [-0.15, -0.1) is 10.2 Å². The molecule has 2 aromatic carbocycles. The molecule has 124 valence electrons. The number of carbonyl (C=O) groups excluding carboxylic acids is 1. The minimum Gasteiger partial charge on any atom is -0.348 e. The topological polar surface area (TPSA) is 108 Å². The van der Waals surface area contributed by atoms with E-state index < -0.39 is 0 Å². The Labute approximate surface area is 141 Å². The first-order valence-corrected chi connectivity index (χ1v) is 7.63. The van der Waals surface area contributed by atoms with Crippen molar-refractivity contribution in [1.29, 1.82) is 0 Å². The van der Waals surface area contributed by atoms with Gasteiger partial charge in [-0.05, 0) is 42.0 Å². The van der Waals surface area contributed by atoms with Crippen molar-refractivity contribution in [3.63, 3.8) is 0 Å². The Bertz CT molecular complexity index is 1080. The van der Waals surface area contributed by atoms with Gasteiger partial charge >= 0.3 is 5.69 Å². The van der Waals surface area contributed by atoms with Crippen LogP contribution in [0.1, 0.15) is 15.9 Å². The molecule has 0 radical (unpaired) electrons. The fraction of sp³-hybridized carbons (Fsp3) is 0.0588. The van der Waals surface area contributed by atoms with Crippen LogP contribution in [0.4, 0.5) is 0 Å². The van der Waals surface area contributed by atoms with Crippen molar-refractivity contribution in [1.82, 2.24) is 30.0 Å². The molecule has 0 aliphatic carbocycles. The second-order valence-electron chi connectivity index (χ2n) is 5.56. The molecule has 25 heavy (non-hydrogen) atoms. The number of H-pyrrole nitrogens is 2. The Kier molecular flexibility index (Phi) is 3.62. The molecular weight excluding hydrogens is 320 g/mol. The van der Waals surface area contributed by atoms with E-state index in [4.69, 9.17) is 0 Å². The van der Waals surface area contributed by atoms with E-state index >= 15 is 0 Å². The molecule has 0 saturated carbocycles. The van der Waals surface area contributed by atoms with Gasteiger partial charge in [0.25, 0.3) is 5.91 Å². The SMILES string of the molecule is O=C(NCc1ccc2[nH]c(=O)[nH]c2c1)c1ccc(-n2cnnc2)cc1. The average molecular weight is 334 g/mol. The minimum absolute atomic E-state index is 0.169. The van der Waals surface area contributed by atoms with Crippen LogP contribution in [0, 0.1) is 0 Å². The van der Waals surface area contributed by atoms with Crippen LogP contribution in [0.2, 0.25) is 0 Å². The van der Waals surface area contributed by atoms with E-state index in [0.29, 0.717) is 12.1 Å². The van der Waals surface area contributed by atoms with E-state index in [9.17, 15) is 9.59 Å². The van der Waals surface area contributed by atoms with Gasteiger partial charge in [0.2, 0.25) is 0 Å². The number of hydrogen-bond acceptors (Lipinski definition) is 4. The van der Waals surface area contributed by atoms with Gasteiger partial charge in [-0.25, -0.2) is 4.79 Å². The minimum atomic E-state index is -0.246. The van der Waals surface area contributed by atoms with E-state index in [0.717, 1.165) is 22.3 Å². The molecular formula is C17H14N6O2. The highest BCUT2D eigenvalue weighted by molar-refractivity contribution is 5.94. The highest BCUT2D eigenvalue weighted by atomic mass is 16.1. The number of hydrogen-bond donors (Lipinski definition) is 3. The van der Waals surface area contributed by atoms with E-state index in [1.54, 1.807) is 29.4 Å². The molecule has 2 heterocycles. The molecule has 3 N–H and O–H groups in total. The molecule has 1 amide bonds. The van der Waals surface area contributed by atoms with Crippen molar-refractivity contribution in [3.05, 3.63) is 76.7 Å². The summed E-state index contributed by atoms with van der Waals surface area (Å²) >= 11 is 0. The van der Waals surface area contributed by atoms with Gasteiger partial charge in [0.05, 0.1) is 11.0 Å². The van der Waals surface area contributed by atoms with Crippen molar-refractivity contribution in [2.75, 3.05) is 0 Å². The second-order valence-corrected chi connectivity index (χ2v) is 5.56. The van der Waals surface area contributed by atoms with E-state index in [2.05, 4.69) is 25.5 Å². The summed E-state index contributed by atoms with van der Waals surface area (Å²) in [5.74, 6) is -0.169. The number of imidazole rings is 1. The van der Waals surface area contributed by atoms with Gasteiger partial charge < -0.3 is 15.3 Å². The van der Waals surface area contributed by atoms with Crippen LogP contribution in [0.5, 0.6) is 0 Å². The van der Waals surface area contributed by atoms with Crippen LogP contribution in [-0.2, 0) is 6.54 Å². The predicted octanol–water partition coefficient (Wildman–Crippen LogP) is 1.37. The zero-order valence-electron chi connectivity index (χ0n) is 13.1. The Balaban J connectivity index is 1.45. The second kappa shape index (κ2) is 6.08. The molecule has 0 fully saturated rings. The van der Waals surface area contributed by atoms with Gasteiger partial charge in [-0.2, -0.15) is 0 Å². The van der Waals surface area contributed by atoms with Crippen LogP contribution in [0.25, 0.3) is 16.7 Å². The third-order valence-electron chi connectivity index (χ3n) is 3.88. The summed E-state index contributed by atoms with van der Waals surface area (Å²) in [7, 11) is 0. The molecule has 0 saturated heterocycles. The number of nitrogens with zero attached hydrogens (tertiary/aromatic N) is 3. The summed E-state index contributed by atoms with van der Waals surface area (Å²) in [4.78, 5) is 28.9. The Morgan fingerprint density at radius 2 is 1.72 bits per heavy atom. The smallest absolute Gasteiger partial charge is 0.323 e. The summed E-state index contributed by atoms with van der Waals surface area (Å²) in [6.07, 6.45) is 3.19. The number of aromatic nitrogens is 5. The summed E-state index contributed by atoms with van der Waals surface area (Å²) in [6.45, 7) is 0.370. The monoisotopic (exact) mass is 334 g/mol. The zero-order valence-corrected chi connectivity index (χ0v) is 13.1. The Hall–Kier alpha value is -3.68. The molecule has 8 nitrogen and oxygen atoms in total. The van der Waals surface area contributed by atoms with E-state index in [1.165, 1.54) is 0 Å². The highest BCUT2D eigenvalue weighted by Crippen LogP contribution is 2.11. The largest absolute Gasteiger partial charge is 0.348 e. The molecule has 0 aliphatic rings. The molecule has 2 aromatic heterocycles. The first-order chi connectivity index (χ1) is 12.2. The molecule has 0 unspecified atom stereocenters. The molecule has 4 aromatic rings. The van der Waals surface area contributed by atoms with Crippen LogP contribution in [0.15, 0.2) is 59.9 Å². The van der Waals surface area contributed by atoms with Gasteiger partial charge in [0.15, 0.2) is 0 Å². The lowest BCUT2D eigenvalue weighted by molar-refractivity contribution is 0.0951. The zero-order chi connectivity index (χ0) is 17.2. The summed E-state index contributed by atoms with van der Waals surface area (Å²) in [5.41, 5.74) is 3.55. The van der Waals surface area contributed by atoms with E-state index in [1.807, 2.05) is 30.3 Å². The number of amides is 1. The third-order valence-corrected chi connectivity index (χ3v) is 3.88. The Morgan fingerprint density at radius 1 is 1.00 bits per heavy atom. The summed E-state index contributed by atoms with van der Waals surface area (Å²) in [6, 6.07) is 12.7. The maximum absolute atomic E-state index is 12.3. The highest BCUT2D eigenvalue weighted by Gasteiger charge is 2.07. The van der Waals surface area contributed by atoms with Crippen molar-refractivity contribution in [2.45, 2.75) is 6.54 Å². The maximum Gasteiger partial charge on any atom is 0.323 e. The standard InChI is InChI=1S/C17H14N6O2/c24-16(12-2-4-13(5-3-12)23-9-19-20-10-23)18-8-11-1-6-14-15(7-11)22-17(25)21-14/h1-7,9-10H,8H2,(H,18,24)(H2,21,22,25). The van der Waals surface area contributed by atoms with Gasteiger partial charge in [-0.3, -0.25) is 9.36 Å². The maximum atomic E-state index is 12.3. The summed E-state index contributed by atoms with van der Waals surface area (Å²) in [5, 5.41) is 10.4. The molecule has 0 aliphatic heterocycles. The lowest BCUT2D eigenvalue weighted by Crippen LogP contribution is -2.22. The number of fused-ring (bicyclic) bond motifs is 1. The van der Waals surface area contributed by atoms with Crippen molar-refractivity contribution < 1.29 is 4.79 Å². The quantitative estimate of drug-likeness (QED) is 0.524. The number of carbonyl (C=O) groups is 1. The van der Waals surface area contributed by atoms with Crippen LogP contribution < -0.4 is 11.0 Å². The molecule has 8 heteroatoms. The summed E-state index contributed by atoms with van der Waals surface area (Å²) < 4.78 is 1.76. The lowest BCUT2D eigenvalue weighted by Gasteiger charge is -2.07. The predicted molar refractivity (Wildman–Crippen MR) is 91.4 cm³/mol. The van der Waals surface area contributed by atoms with Crippen molar-refractivity contribution in [2.24, 2.45) is 0 Å². The molecule has 0 bridgehead atoms. The number of nitrogens with one attached hydrogen (secondary N) is 3. The Morgan fingerprint density at radius 3 is 2.48 bits per heavy atom. The van der Waals surface area contributed by atoms with Crippen LogP contribution in [0.3, 0.4) is 0 Å². The first-order valence-electron chi connectivity index (χ1n) is 7.63. The van der Waals surface area contributed by atoms with Crippen molar-refractivity contribution >= 4 is 16.9 Å². The average Bonchev–Trinajstić information content (AvgIpc) is 3.28. The lowest BCUT2D eigenvalue weighted by atomic mass is 10.1. The molecule has 0 atom stereocenters. The van der Waals surface area contributed by atoms with Gasteiger partial charge in [0, 0.05) is 17.8 Å². The van der Waals surface area contributed by atoms with Crippen LogP contribution >= 0.6 is 0 Å². The van der Waals surface area contributed by atoms with Gasteiger partial charge in [0.1, 0.15) is 12.7 Å². The molecule has 4 rings (SSSR count). The number of benzene rings is 2. The third kappa shape index (κ3) is 3.05.